The summed E-state index contributed by atoms with van der Waals surface area (Å²) in [4.78, 5) is 3.76. The van der Waals surface area contributed by atoms with Gasteiger partial charge in [-0.3, -0.25) is 0 Å². The number of rotatable bonds is 2. The molecular formula is C13H8F3N3O. The number of nitrogens with zero attached hydrogens (tertiary/aromatic N) is 2. The molecule has 0 aliphatic rings. The molecule has 20 heavy (non-hydrogen) atoms. The topological polar surface area (TPSA) is 71.9 Å². The summed E-state index contributed by atoms with van der Waals surface area (Å²) in [5, 5.41) is 8.66. The van der Waals surface area contributed by atoms with Gasteiger partial charge >= 0.3 is 6.18 Å². The number of ether oxygens (including phenoxy) is 1. The molecule has 0 aliphatic carbocycles. The monoisotopic (exact) mass is 279 g/mol. The third-order valence-corrected chi connectivity index (χ3v) is 2.37. The molecule has 1 aromatic heterocycles. The van der Waals surface area contributed by atoms with Crippen LogP contribution in [0, 0.1) is 11.3 Å². The lowest BCUT2D eigenvalue weighted by Crippen LogP contribution is -2.08. The van der Waals surface area contributed by atoms with Crippen LogP contribution in [0.4, 0.5) is 19.0 Å². The van der Waals surface area contributed by atoms with Gasteiger partial charge in [0.1, 0.15) is 11.6 Å². The van der Waals surface area contributed by atoms with E-state index in [9.17, 15) is 13.2 Å². The summed E-state index contributed by atoms with van der Waals surface area (Å²) < 4.78 is 43.8. The average Bonchev–Trinajstić information content (AvgIpc) is 2.38. The molecule has 2 aromatic rings. The Morgan fingerprint density at radius 1 is 1.20 bits per heavy atom. The number of alkyl halides is 3. The van der Waals surface area contributed by atoms with Crippen LogP contribution < -0.4 is 10.5 Å². The summed E-state index contributed by atoms with van der Waals surface area (Å²) in [7, 11) is 0. The predicted octanol–water partition coefficient (Wildman–Crippen LogP) is 3.35. The maximum absolute atomic E-state index is 12.9. The number of nitrogens with two attached hydrogens (primary N) is 1. The van der Waals surface area contributed by atoms with Crippen molar-refractivity contribution in [1.82, 2.24) is 4.98 Å². The van der Waals surface area contributed by atoms with E-state index in [-0.39, 0.29) is 17.3 Å². The van der Waals surface area contributed by atoms with E-state index in [0.29, 0.717) is 0 Å². The Balaban J connectivity index is 2.44. The van der Waals surface area contributed by atoms with Crippen LogP contribution in [0.3, 0.4) is 0 Å². The highest BCUT2D eigenvalue weighted by Crippen LogP contribution is 2.38. The van der Waals surface area contributed by atoms with E-state index < -0.39 is 17.5 Å². The maximum atomic E-state index is 12.9. The zero-order chi connectivity index (χ0) is 14.8. The summed E-state index contributed by atoms with van der Waals surface area (Å²) in [6, 6.07) is 9.06. The van der Waals surface area contributed by atoms with Crippen molar-refractivity contribution in [3.05, 3.63) is 47.5 Å². The quantitative estimate of drug-likeness (QED) is 0.915. The highest BCUT2D eigenvalue weighted by molar-refractivity contribution is 5.45. The molecule has 1 heterocycles. The molecule has 0 radical (unpaired) electrons. The predicted molar refractivity (Wildman–Crippen MR) is 64.9 cm³/mol. The zero-order valence-corrected chi connectivity index (χ0v) is 9.98. The van der Waals surface area contributed by atoms with Crippen molar-refractivity contribution in [3.63, 3.8) is 0 Å². The molecule has 4 nitrogen and oxygen atoms in total. The van der Waals surface area contributed by atoms with Gasteiger partial charge in [-0.1, -0.05) is 6.07 Å². The third kappa shape index (κ3) is 2.98. The van der Waals surface area contributed by atoms with Crippen LogP contribution in [0.1, 0.15) is 11.1 Å². The third-order valence-electron chi connectivity index (χ3n) is 2.37. The lowest BCUT2D eigenvalue weighted by Gasteiger charge is -2.13. The summed E-state index contributed by atoms with van der Waals surface area (Å²) >= 11 is 0. The van der Waals surface area contributed by atoms with Crippen LogP contribution >= 0.6 is 0 Å². The fourth-order valence-electron chi connectivity index (χ4n) is 1.51. The highest BCUT2D eigenvalue weighted by atomic mass is 19.4. The first-order chi connectivity index (χ1) is 9.40. The molecule has 0 amide bonds. The SMILES string of the molecule is N#Cc1ccc(Oc2cccc(N)n2)c(C(F)(F)F)c1. The van der Waals surface area contributed by atoms with Crippen molar-refractivity contribution in [2.75, 3.05) is 5.73 Å². The fraction of sp³-hybridized carbons (Fsp3) is 0.0769. The fourth-order valence-corrected chi connectivity index (χ4v) is 1.51. The lowest BCUT2D eigenvalue weighted by molar-refractivity contribution is -0.138. The van der Waals surface area contributed by atoms with E-state index in [1.54, 1.807) is 6.07 Å². The molecule has 0 spiro atoms. The van der Waals surface area contributed by atoms with Gasteiger partial charge in [0.15, 0.2) is 0 Å². The summed E-state index contributed by atoms with van der Waals surface area (Å²) in [5.41, 5.74) is 4.28. The molecule has 0 fully saturated rings. The zero-order valence-electron chi connectivity index (χ0n) is 9.98. The Labute approximate surface area is 112 Å². The normalized spacial score (nSPS) is 10.9. The number of benzene rings is 1. The van der Waals surface area contributed by atoms with Crippen LogP contribution in [0.2, 0.25) is 0 Å². The Hall–Kier alpha value is -2.75. The van der Waals surface area contributed by atoms with Gasteiger partial charge in [0, 0.05) is 6.07 Å². The number of aromatic nitrogens is 1. The Morgan fingerprint density at radius 2 is 1.95 bits per heavy atom. The van der Waals surface area contributed by atoms with Crippen LogP contribution in [-0.2, 0) is 6.18 Å². The standard InChI is InChI=1S/C13H8F3N3O/c14-13(15,16)9-6-8(7-17)4-5-10(9)20-12-3-1-2-11(18)19-12/h1-6H,(H2,18,19). The minimum Gasteiger partial charge on any atom is -0.438 e. The van der Waals surface area contributed by atoms with Crippen molar-refractivity contribution in [1.29, 1.82) is 5.26 Å². The number of hydrogen-bond acceptors (Lipinski definition) is 4. The second kappa shape index (κ2) is 5.09. The van der Waals surface area contributed by atoms with Gasteiger partial charge in [-0.2, -0.15) is 23.4 Å². The van der Waals surface area contributed by atoms with E-state index in [2.05, 4.69) is 4.98 Å². The molecule has 0 bridgehead atoms. The molecule has 0 unspecified atom stereocenters. The van der Waals surface area contributed by atoms with Gasteiger partial charge < -0.3 is 10.5 Å². The maximum Gasteiger partial charge on any atom is 0.420 e. The molecule has 2 N–H and O–H groups in total. The second-order valence-corrected chi connectivity index (χ2v) is 3.82. The molecular weight excluding hydrogens is 271 g/mol. The van der Waals surface area contributed by atoms with Crippen LogP contribution in [-0.4, -0.2) is 4.98 Å². The minimum absolute atomic E-state index is 0.0554. The Bertz CT molecular complexity index is 677. The van der Waals surface area contributed by atoms with Crippen LogP contribution in [0.25, 0.3) is 0 Å². The number of halogens is 3. The Kier molecular flexibility index (Phi) is 3.48. The van der Waals surface area contributed by atoms with Gasteiger partial charge in [0.25, 0.3) is 0 Å². The first-order valence-electron chi connectivity index (χ1n) is 5.42. The molecule has 102 valence electrons. The molecule has 7 heteroatoms. The van der Waals surface area contributed by atoms with Crippen LogP contribution in [0.15, 0.2) is 36.4 Å². The molecule has 0 saturated carbocycles. The number of anilines is 1. The van der Waals surface area contributed by atoms with Crippen molar-refractivity contribution in [2.45, 2.75) is 6.18 Å². The van der Waals surface area contributed by atoms with Gasteiger partial charge in [0.2, 0.25) is 5.88 Å². The van der Waals surface area contributed by atoms with Gasteiger partial charge in [-0.25, -0.2) is 0 Å². The molecule has 2 rings (SSSR count). The number of hydrogen-bond donors (Lipinski definition) is 1. The number of pyridine rings is 1. The molecule has 0 atom stereocenters. The van der Waals surface area contributed by atoms with E-state index in [1.165, 1.54) is 24.3 Å². The smallest absolute Gasteiger partial charge is 0.420 e. The van der Waals surface area contributed by atoms with E-state index in [0.717, 1.165) is 12.1 Å². The first-order valence-corrected chi connectivity index (χ1v) is 5.42. The van der Waals surface area contributed by atoms with E-state index >= 15 is 0 Å². The van der Waals surface area contributed by atoms with E-state index in [1.807, 2.05) is 0 Å². The van der Waals surface area contributed by atoms with E-state index in [4.69, 9.17) is 15.7 Å². The van der Waals surface area contributed by atoms with Crippen molar-refractivity contribution >= 4 is 5.82 Å². The lowest BCUT2D eigenvalue weighted by atomic mass is 10.1. The summed E-state index contributed by atoms with van der Waals surface area (Å²) in [5.74, 6) is -0.362. The molecule has 0 aliphatic heterocycles. The van der Waals surface area contributed by atoms with Crippen molar-refractivity contribution in [3.8, 4) is 17.7 Å². The number of nitriles is 1. The minimum atomic E-state index is -4.64. The first kappa shape index (κ1) is 13.7. The summed E-state index contributed by atoms with van der Waals surface area (Å²) in [6.45, 7) is 0. The average molecular weight is 279 g/mol. The molecule has 0 saturated heterocycles. The van der Waals surface area contributed by atoms with Gasteiger partial charge in [-0.15, -0.1) is 0 Å². The summed E-state index contributed by atoms with van der Waals surface area (Å²) in [6.07, 6.45) is -4.64. The van der Waals surface area contributed by atoms with Gasteiger partial charge in [0.05, 0.1) is 17.2 Å². The Morgan fingerprint density at radius 3 is 2.55 bits per heavy atom. The molecule has 1 aromatic carbocycles. The van der Waals surface area contributed by atoms with Gasteiger partial charge in [-0.05, 0) is 24.3 Å². The van der Waals surface area contributed by atoms with Crippen molar-refractivity contribution in [2.24, 2.45) is 0 Å². The number of nitrogen functional groups attached to an aromatic ring is 1. The second-order valence-electron chi connectivity index (χ2n) is 3.82. The highest BCUT2D eigenvalue weighted by Gasteiger charge is 2.35. The van der Waals surface area contributed by atoms with Crippen LogP contribution in [0.5, 0.6) is 11.6 Å². The largest absolute Gasteiger partial charge is 0.438 e. The van der Waals surface area contributed by atoms with Crippen molar-refractivity contribution < 1.29 is 17.9 Å².